The second-order valence-corrected chi connectivity index (χ2v) is 9.92. The summed E-state index contributed by atoms with van der Waals surface area (Å²) in [5, 5.41) is 45.4. The van der Waals surface area contributed by atoms with Crippen LogP contribution in [-0.2, 0) is 16.7 Å². The fourth-order valence-electron chi connectivity index (χ4n) is 4.28. The molecule has 0 aliphatic carbocycles. The first kappa shape index (κ1) is 26.1. The molecule has 0 unspecified atom stereocenters. The molecule has 0 bridgehead atoms. The number of hydrogen-bond donors (Lipinski definition) is 4. The second-order valence-electron chi connectivity index (χ2n) is 9.92. The van der Waals surface area contributed by atoms with Crippen LogP contribution in [0.5, 0.6) is 11.6 Å². The summed E-state index contributed by atoms with van der Waals surface area (Å²) in [6, 6.07) is 17.5. The van der Waals surface area contributed by atoms with Crippen molar-refractivity contribution in [1.82, 2.24) is 9.78 Å². The molecule has 9 nitrogen and oxygen atoms in total. The lowest BCUT2D eigenvalue weighted by molar-refractivity contribution is -0.278. The molecular weight excluding hydrogens is 464 g/mol. The van der Waals surface area contributed by atoms with Gasteiger partial charge in [0.15, 0.2) is 0 Å². The Kier molecular flexibility index (Phi) is 7.67. The Labute approximate surface area is 210 Å². The molecule has 3 aromatic rings. The zero-order chi connectivity index (χ0) is 26.0. The van der Waals surface area contributed by atoms with Crippen LogP contribution in [0.1, 0.15) is 31.9 Å². The van der Waals surface area contributed by atoms with Gasteiger partial charge >= 0.3 is 0 Å². The van der Waals surface area contributed by atoms with Crippen LogP contribution in [-0.4, -0.2) is 74.6 Å². The van der Waals surface area contributed by atoms with Crippen molar-refractivity contribution in [1.29, 1.82) is 0 Å². The van der Waals surface area contributed by atoms with Crippen molar-refractivity contribution in [3.05, 3.63) is 65.7 Å². The van der Waals surface area contributed by atoms with Crippen LogP contribution in [0.3, 0.4) is 0 Å². The highest BCUT2D eigenvalue weighted by molar-refractivity contribution is 5.67. The molecule has 0 amide bonds. The Balaban J connectivity index is 1.82. The molecule has 1 aliphatic heterocycles. The highest BCUT2D eigenvalue weighted by atomic mass is 16.7. The minimum Gasteiger partial charge on any atom is -0.497 e. The Morgan fingerprint density at radius 2 is 1.61 bits per heavy atom. The van der Waals surface area contributed by atoms with E-state index >= 15 is 0 Å². The first-order chi connectivity index (χ1) is 17.1. The predicted molar refractivity (Wildman–Crippen MR) is 133 cm³/mol. The Hall–Kier alpha value is -2.95. The van der Waals surface area contributed by atoms with Gasteiger partial charge in [0.05, 0.1) is 24.9 Å². The van der Waals surface area contributed by atoms with Crippen molar-refractivity contribution in [2.45, 2.75) is 63.4 Å². The minimum atomic E-state index is -1.55. The van der Waals surface area contributed by atoms with Crippen LogP contribution < -0.4 is 9.47 Å². The summed E-state index contributed by atoms with van der Waals surface area (Å²) >= 11 is 0. The number of aliphatic hydroxyl groups excluding tert-OH is 4. The third-order valence-corrected chi connectivity index (χ3v) is 6.25. The van der Waals surface area contributed by atoms with Gasteiger partial charge in [0, 0.05) is 17.5 Å². The molecule has 0 saturated carbocycles. The van der Waals surface area contributed by atoms with Crippen LogP contribution >= 0.6 is 0 Å². The van der Waals surface area contributed by atoms with E-state index in [-0.39, 0.29) is 5.88 Å². The molecule has 1 saturated heterocycles. The Bertz CT molecular complexity index is 1140. The molecule has 9 heteroatoms. The monoisotopic (exact) mass is 498 g/mol. The normalized spacial score (nSPS) is 24.5. The van der Waals surface area contributed by atoms with Crippen LogP contribution in [0.15, 0.2) is 54.6 Å². The zero-order valence-electron chi connectivity index (χ0n) is 20.9. The topological polar surface area (TPSA) is 126 Å². The van der Waals surface area contributed by atoms with Crippen molar-refractivity contribution < 1.29 is 34.6 Å². The lowest BCUT2D eigenvalue weighted by Gasteiger charge is -2.39. The van der Waals surface area contributed by atoms with Gasteiger partial charge in [0.1, 0.15) is 30.2 Å². The third-order valence-electron chi connectivity index (χ3n) is 6.25. The van der Waals surface area contributed by atoms with Gasteiger partial charge in [-0.05, 0) is 38.5 Å². The molecule has 1 aromatic heterocycles. The summed E-state index contributed by atoms with van der Waals surface area (Å²) in [5.41, 5.74) is 3.11. The smallest absolute Gasteiger partial charge is 0.239 e. The van der Waals surface area contributed by atoms with E-state index in [1.165, 1.54) is 0 Å². The summed E-state index contributed by atoms with van der Waals surface area (Å²) in [4.78, 5) is 0. The molecule has 36 heavy (non-hydrogen) atoms. The summed E-state index contributed by atoms with van der Waals surface area (Å²) in [7, 11) is 1.61. The molecule has 0 spiro atoms. The van der Waals surface area contributed by atoms with Gasteiger partial charge < -0.3 is 34.6 Å². The first-order valence-electron chi connectivity index (χ1n) is 11.9. The highest BCUT2D eigenvalue weighted by Crippen LogP contribution is 2.38. The largest absolute Gasteiger partial charge is 0.497 e. The van der Waals surface area contributed by atoms with E-state index < -0.39 is 42.9 Å². The zero-order valence-corrected chi connectivity index (χ0v) is 20.9. The van der Waals surface area contributed by atoms with E-state index in [0.29, 0.717) is 6.42 Å². The van der Waals surface area contributed by atoms with Gasteiger partial charge in [0.2, 0.25) is 12.2 Å². The molecule has 0 radical (unpaired) electrons. The maximum atomic E-state index is 10.6. The highest BCUT2D eigenvalue weighted by Gasteiger charge is 2.45. The number of aromatic nitrogens is 2. The van der Waals surface area contributed by atoms with Crippen molar-refractivity contribution in [2.75, 3.05) is 13.7 Å². The number of nitrogens with zero attached hydrogens (tertiary/aromatic N) is 2. The van der Waals surface area contributed by atoms with Gasteiger partial charge in [-0.1, -0.05) is 42.5 Å². The van der Waals surface area contributed by atoms with Gasteiger partial charge in [-0.25, -0.2) is 0 Å². The van der Waals surface area contributed by atoms with Crippen molar-refractivity contribution in [2.24, 2.45) is 0 Å². The molecule has 4 rings (SSSR count). The number of rotatable bonds is 7. The van der Waals surface area contributed by atoms with Crippen molar-refractivity contribution in [3.8, 4) is 22.9 Å². The Morgan fingerprint density at radius 1 is 0.944 bits per heavy atom. The lowest BCUT2D eigenvalue weighted by atomic mass is 9.98. The molecule has 1 fully saturated rings. The maximum absolute atomic E-state index is 10.6. The average Bonchev–Trinajstić information content (AvgIpc) is 3.23. The van der Waals surface area contributed by atoms with Crippen molar-refractivity contribution >= 4 is 0 Å². The van der Waals surface area contributed by atoms with Gasteiger partial charge in [0.25, 0.3) is 0 Å². The van der Waals surface area contributed by atoms with E-state index in [2.05, 4.69) is 0 Å². The van der Waals surface area contributed by atoms with Crippen LogP contribution in [0.2, 0.25) is 0 Å². The van der Waals surface area contributed by atoms with Crippen LogP contribution in [0.25, 0.3) is 11.3 Å². The van der Waals surface area contributed by atoms with Gasteiger partial charge in [-0.3, -0.25) is 4.68 Å². The first-order valence-corrected chi connectivity index (χ1v) is 11.9. The van der Waals surface area contributed by atoms with E-state index in [1.807, 2.05) is 80.1 Å². The van der Waals surface area contributed by atoms with Crippen molar-refractivity contribution in [3.63, 3.8) is 0 Å². The predicted octanol–water partition coefficient (Wildman–Crippen LogP) is 2.08. The number of methoxy groups -OCH3 is 1. The fraction of sp³-hybridized carbons (Fsp3) is 0.444. The molecular formula is C27H34N2O7. The van der Waals surface area contributed by atoms with Crippen LogP contribution in [0.4, 0.5) is 0 Å². The molecule has 194 valence electrons. The number of benzene rings is 2. The standard InChI is InChI=1S/C27H34N2O7/c1-27(2,3)29-21(17-8-6-5-7-9-17)19(14-16-10-12-18(34-4)13-11-16)25(28-29)36-26-24(33)23(32)22(31)20(15-30)35-26/h5-13,20,22-24,26,30-33H,14-15H2,1-4H3/t20-,22-,23+,24-,26+/m1/s1. The van der Waals surface area contributed by atoms with E-state index in [0.717, 1.165) is 28.1 Å². The number of aliphatic hydroxyl groups is 4. The minimum absolute atomic E-state index is 0.226. The molecule has 2 aromatic carbocycles. The second kappa shape index (κ2) is 10.6. The molecule has 2 heterocycles. The van der Waals surface area contributed by atoms with Gasteiger partial charge in [-0.15, -0.1) is 5.10 Å². The number of ether oxygens (including phenoxy) is 3. The summed E-state index contributed by atoms with van der Waals surface area (Å²) < 4.78 is 18.9. The summed E-state index contributed by atoms with van der Waals surface area (Å²) in [6.07, 6.45) is -6.55. The third kappa shape index (κ3) is 5.25. The van der Waals surface area contributed by atoms with E-state index in [9.17, 15) is 20.4 Å². The molecule has 5 atom stereocenters. The SMILES string of the molecule is COc1ccc(Cc2c(O[C@@H]3O[C@H](CO)[C@@H](O)[C@H](O)[C@H]3O)nn(C(C)(C)C)c2-c2ccccc2)cc1. The summed E-state index contributed by atoms with van der Waals surface area (Å²) in [5.74, 6) is 0.967. The van der Waals surface area contributed by atoms with E-state index in [1.54, 1.807) is 7.11 Å². The summed E-state index contributed by atoms with van der Waals surface area (Å²) in [6.45, 7) is 5.54. The Morgan fingerprint density at radius 3 is 2.19 bits per heavy atom. The number of hydrogen-bond acceptors (Lipinski definition) is 8. The molecule has 4 N–H and O–H groups in total. The molecule has 1 aliphatic rings. The average molecular weight is 499 g/mol. The fourth-order valence-corrected chi connectivity index (χ4v) is 4.28. The van der Waals surface area contributed by atoms with Crippen LogP contribution in [0, 0.1) is 0 Å². The lowest BCUT2D eigenvalue weighted by Crippen LogP contribution is -2.60. The van der Waals surface area contributed by atoms with Gasteiger partial charge in [-0.2, -0.15) is 0 Å². The quantitative estimate of drug-likeness (QED) is 0.390. The maximum Gasteiger partial charge on any atom is 0.239 e. The van der Waals surface area contributed by atoms with E-state index in [4.69, 9.17) is 19.3 Å².